The number of hydrogen-bond donors (Lipinski definition) is 2. The molecule has 1 heterocycles. The zero-order chi connectivity index (χ0) is 19.2. The van der Waals surface area contributed by atoms with E-state index in [1.54, 1.807) is 0 Å². The molecule has 0 aliphatic heterocycles. The van der Waals surface area contributed by atoms with Crippen LogP contribution in [0, 0.1) is 0 Å². The molecule has 0 atom stereocenters. The molecule has 0 spiro atoms. The second-order valence-corrected chi connectivity index (χ2v) is 6.81. The lowest BCUT2D eigenvalue weighted by molar-refractivity contribution is 0.269. The number of tetrazole rings is 1. The molecule has 0 aliphatic rings. The van der Waals surface area contributed by atoms with E-state index in [-0.39, 0.29) is 5.95 Å². The first kappa shape index (κ1) is 19.2. The van der Waals surface area contributed by atoms with Gasteiger partial charge >= 0.3 is 0 Å². The number of nitrogens with zero attached hydrogens (tertiary/aromatic N) is 4. The minimum atomic E-state index is 0.180. The molecule has 0 radical (unpaired) electrons. The summed E-state index contributed by atoms with van der Waals surface area (Å²) in [7, 11) is 0. The third-order valence-corrected chi connectivity index (χ3v) is 4.62. The summed E-state index contributed by atoms with van der Waals surface area (Å²) in [4.78, 5) is 1.30. The van der Waals surface area contributed by atoms with Crippen LogP contribution in [0.3, 0.4) is 0 Å². The fourth-order valence-electron chi connectivity index (χ4n) is 2.30. The second-order valence-electron chi connectivity index (χ2n) is 5.52. The lowest BCUT2D eigenvalue weighted by Gasteiger charge is -2.16. The number of nitrogens with one attached hydrogen (secondary N) is 1. The monoisotopic (exact) mass is 452 g/mol. The number of hydrogen-bond acceptors (Lipinski definition) is 7. The highest BCUT2D eigenvalue weighted by molar-refractivity contribution is 9.10. The van der Waals surface area contributed by atoms with Crippen LogP contribution in [0.25, 0.3) is 0 Å². The van der Waals surface area contributed by atoms with Gasteiger partial charge in [-0.05, 0) is 52.7 Å². The van der Waals surface area contributed by atoms with Crippen molar-refractivity contribution in [3.63, 3.8) is 0 Å². The van der Waals surface area contributed by atoms with Gasteiger partial charge in [-0.15, -0.1) is 4.79 Å². The topological polar surface area (TPSA) is 100 Å². The van der Waals surface area contributed by atoms with Crippen LogP contribution >= 0.6 is 27.5 Å². The van der Waals surface area contributed by atoms with Crippen molar-refractivity contribution in [3.05, 3.63) is 57.0 Å². The predicted molar refractivity (Wildman–Crippen MR) is 106 cm³/mol. The molecular weight excluding hydrogens is 436 g/mol. The van der Waals surface area contributed by atoms with Gasteiger partial charge in [-0.1, -0.05) is 44.8 Å². The van der Waals surface area contributed by atoms with Crippen LogP contribution in [0.15, 0.2) is 40.9 Å². The van der Waals surface area contributed by atoms with Crippen LogP contribution in [0.1, 0.15) is 18.1 Å². The largest absolute Gasteiger partial charge is 0.490 e. The van der Waals surface area contributed by atoms with Crippen LogP contribution in [0.4, 0.5) is 5.95 Å². The molecule has 3 N–H and O–H groups in total. The summed E-state index contributed by atoms with van der Waals surface area (Å²) in [5.74, 6) is 1.47. The zero-order valence-electron chi connectivity index (χ0n) is 14.5. The Bertz CT molecular complexity index is 903. The highest BCUT2D eigenvalue weighted by Gasteiger charge is 2.12. The Balaban J connectivity index is 1.74. The average Bonchev–Trinajstić information content (AvgIpc) is 3.07. The molecule has 0 saturated carbocycles. The van der Waals surface area contributed by atoms with Crippen molar-refractivity contribution >= 4 is 33.5 Å². The molecule has 0 unspecified atom stereocenters. The van der Waals surface area contributed by atoms with Crippen molar-refractivity contribution in [2.45, 2.75) is 20.1 Å². The molecule has 10 heteroatoms. The van der Waals surface area contributed by atoms with Gasteiger partial charge < -0.3 is 20.6 Å². The van der Waals surface area contributed by atoms with Crippen LogP contribution < -0.4 is 20.6 Å². The number of nitrogens with two attached hydrogens (primary N) is 1. The van der Waals surface area contributed by atoms with Crippen molar-refractivity contribution in [2.24, 2.45) is 0 Å². The smallest absolute Gasteiger partial charge is 0.260 e. The van der Waals surface area contributed by atoms with Crippen LogP contribution in [-0.2, 0) is 13.2 Å². The van der Waals surface area contributed by atoms with E-state index < -0.39 is 0 Å². The van der Waals surface area contributed by atoms with Gasteiger partial charge in [0.15, 0.2) is 11.5 Å². The van der Waals surface area contributed by atoms with Crippen molar-refractivity contribution in [2.75, 3.05) is 17.8 Å². The Labute approximate surface area is 169 Å². The van der Waals surface area contributed by atoms with Gasteiger partial charge in [-0.3, -0.25) is 0 Å². The number of rotatable bonds is 8. The van der Waals surface area contributed by atoms with E-state index in [1.807, 2.05) is 43.3 Å². The Hall–Kier alpha value is -2.52. The number of halogens is 2. The first-order valence-electron chi connectivity index (χ1n) is 8.17. The molecule has 0 fully saturated rings. The van der Waals surface area contributed by atoms with Crippen molar-refractivity contribution in [1.82, 2.24) is 20.3 Å². The summed E-state index contributed by atoms with van der Waals surface area (Å²) >= 11 is 9.48. The van der Waals surface area contributed by atoms with Crippen molar-refractivity contribution in [1.29, 1.82) is 0 Å². The van der Waals surface area contributed by atoms with E-state index in [9.17, 15) is 0 Å². The van der Waals surface area contributed by atoms with E-state index in [0.29, 0.717) is 36.3 Å². The van der Waals surface area contributed by atoms with E-state index in [4.69, 9.17) is 26.8 Å². The molecule has 0 aliphatic carbocycles. The minimum Gasteiger partial charge on any atom is -0.490 e. The number of anilines is 1. The maximum atomic E-state index is 5.94. The number of nitrogen functional groups attached to an aromatic ring is 1. The van der Waals surface area contributed by atoms with E-state index in [1.165, 1.54) is 4.79 Å². The van der Waals surface area contributed by atoms with E-state index in [2.05, 4.69) is 36.9 Å². The molecule has 27 heavy (non-hydrogen) atoms. The maximum Gasteiger partial charge on any atom is 0.260 e. The highest BCUT2D eigenvalue weighted by atomic mass is 79.9. The van der Waals surface area contributed by atoms with Gasteiger partial charge in [-0.25, -0.2) is 0 Å². The Morgan fingerprint density at radius 3 is 2.59 bits per heavy atom. The molecule has 142 valence electrons. The summed E-state index contributed by atoms with van der Waals surface area (Å²) in [6.45, 7) is 3.28. The fraction of sp³-hybridized carbons (Fsp3) is 0.235. The van der Waals surface area contributed by atoms with Gasteiger partial charge in [0, 0.05) is 9.50 Å². The SMILES string of the molecule is CCOc1cc(CNn2nnnc2N)c(Br)cc1OCc1ccc(Cl)cc1. The molecule has 3 rings (SSSR count). The van der Waals surface area contributed by atoms with E-state index in [0.717, 1.165) is 15.6 Å². The van der Waals surface area contributed by atoms with Crippen LogP contribution in [-0.4, -0.2) is 26.9 Å². The number of ether oxygens (including phenoxy) is 2. The van der Waals surface area contributed by atoms with E-state index >= 15 is 0 Å². The lowest BCUT2D eigenvalue weighted by atomic mass is 10.2. The minimum absolute atomic E-state index is 0.180. The Morgan fingerprint density at radius 2 is 1.93 bits per heavy atom. The molecule has 0 saturated heterocycles. The maximum absolute atomic E-state index is 5.94. The van der Waals surface area contributed by atoms with Gasteiger partial charge in [0.05, 0.1) is 13.2 Å². The average molecular weight is 454 g/mol. The van der Waals surface area contributed by atoms with Gasteiger partial charge in [0.1, 0.15) is 6.61 Å². The third-order valence-electron chi connectivity index (χ3n) is 3.63. The van der Waals surface area contributed by atoms with Gasteiger partial charge in [-0.2, -0.15) is 0 Å². The van der Waals surface area contributed by atoms with Gasteiger partial charge in [0.25, 0.3) is 5.95 Å². The van der Waals surface area contributed by atoms with Crippen molar-refractivity contribution < 1.29 is 9.47 Å². The Kier molecular flexibility index (Phi) is 6.36. The van der Waals surface area contributed by atoms with Gasteiger partial charge in [0.2, 0.25) is 0 Å². The zero-order valence-corrected chi connectivity index (χ0v) is 16.9. The highest BCUT2D eigenvalue weighted by Crippen LogP contribution is 2.34. The first-order valence-corrected chi connectivity index (χ1v) is 9.34. The second kappa shape index (κ2) is 8.92. The molecular formula is C17H18BrClN6O2. The standard InChI is InChI=1S/C17H18BrClN6O2/c1-2-26-15-7-12(9-21-25-17(20)22-23-24-25)14(18)8-16(15)27-10-11-3-5-13(19)6-4-11/h3-8,21H,2,9-10H2,1H3,(H2,20,22,24). The summed E-state index contributed by atoms with van der Waals surface area (Å²) in [5.41, 5.74) is 10.6. The summed E-state index contributed by atoms with van der Waals surface area (Å²) < 4.78 is 12.5. The first-order chi connectivity index (χ1) is 13.1. The Morgan fingerprint density at radius 1 is 1.19 bits per heavy atom. The quantitative estimate of drug-likeness (QED) is 0.539. The molecule has 0 bridgehead atoms. The number of aromatic nitrogens is 4. The molecule has 8 nitrogen and oxygen atoms in total. The normalized spacial score (nSPS) is 10.6. The van der Waals surface area contributed by atoms with Crippen LogP contribution in [0.2, 0.25) is 5.02 Å². The lowest BCUT2D eigenvalue weighted by Crippen LogP contribution is -2.18. The third kappa shape index (κ3) is 5.01. The van der Waals surface area contributed by atoms with Crippen LogP contribution in [0.5, 0.6) is 11.5 Å². The molecule has 3 aromatic rings. The van der Waals surface area contributed by atoms with Crippen molar-refractivity contribution in [3.8, 4) is 11.5 Å². The predicted octanol–water partition coefficient (Wildman–Crippen LogP) is 3.39. The summed E-state index contributed by atoms with van der Waals surface area (Å²) in [6, 6.07) is 11.3. The number of benzene rings is 2. The summed E-state index contributed by atoms with van der Waals surface area (Å²) in [5, 5.41) is 11.5. The fourth-order valence-corrected chi connectivity index (χ4v) is 2.89. The molecule has 0 amide bonds. The molecule has 2 aromatic carbocycles. The molecule has 1 aromatic heterocycles. The summed E-state index contributed by atoms with van der Waals surface area (Å²) in [6.07, 6.45) is 0.